The zero-order valence-corrected chi connectivity index (χ0v) is 14.9. The lowest BCUT2D eigenvalue weighted by Gasteiger charge is -2.07. The number of amides is 1. The topological polar surface area (TPSA) is 96.7 Å². The van der Waals surface area contributed by atoms with Gasteiger partial charge in [0.25, 0.3) is 0 Å². The first kappa shape index (κ1) is 17.9. The number of aryl methyl sites for hydroxylation is 1. The van der Waals surface area contributed by atoms with E-state index in [1.807, 2.05) is 0 Å². The highest BCUT2D eigenvalue weighted by molar-refractivity contribution is 8.00. The largest absolute Gasteiger partial charge is 0.360 e. The summed E-state index contributed by atoms with van der Waals surface area (Å²) >= 11 is 1.21. The van der Waals surface area contributed by atoms with E-state index in [1.165, 1.54) is 23.9 Å². The van der Waals surface area contributed by atoms with Crippen molar-refractivity contribution in [1.82, 2.24) is 20.3 Å². The molecule has 7 nitrogen and oxygen atoms in total. The summed E-state index contributed by atoms with van der Waals surface area (Å²) in [4.78, 5) is 16.4. The van der Waals surface area contributed by atoms with Crippen molar-refractivity contribution in [3.63, 3.8) is 0 Å². The molecule has 2 heterocycles. The quantitative estimate of drug-likeness (QED) is 0.642. The fraction of sp³-hybridized carbons (Fsp3) is 0.176. The van der Waals surface area contributed by atoms with Crippen molar-refractivity contribution in [3.8, 4) is 0 Å². The number of hydrogen-bond donors (Lipinski definition) is 2. The van der Waals surface area contributed by atoms with Gasteiger partial charge < -0.3 is 9.84 Å². The predicted molar refractivity (Wildman–Crippen MR) is 96.9 cm³/mol. The zero-order chi connectivity index (χ0) is 18.5. The molecule has 26 heavy (non-hydrogen) atoms. The van der Waals surface area contributed by atoms with Gasteiger partial charge >= 0.3 is 0 Å². The number of aromatic amines is 1. The number of rotatable bonds is 6. The molecule has 2 N–H and O–H groups in total. The molecule has 0 bridgehead atoms. The smallest absolute Gasteiger partial charge is 0.238 e. The third kappa shape index (κ3) is 4.79. The Labute approximate surface area is 153 Å². The van der Waals surface area contributed by atoms with E-state index in [9.17, 15) is 9.18 Å². The van der Waals surface area contributed by atoms with E-state index in [4.69, 9.17) is 4.52 Å². The number of carbonyl (C=O) groups is 1. The van der Waals surface area contributed by atoms with Gasteiger partial charge in [-0.3, -0.25) is 9.89 Å². The molecule has 0 aliphatic rings. The highest BCUT2D eigenvalue weighted by Crippen LogP contribution is 2.21. The molecule has 0 aliphatic carbocycles. The SMILES string of the molecule is Cc1cc(NC(=O)[C@H](C)Sc2n[nH]c(/C=C\c3ccc(F)cc3)n2)no1. The van der Waals surface area contributed by atoms with Crippen LogP contribution in [0.4, 0.5) is 10.2 Å². The van der Waals surface area contributed by atoms with Crippen LogP contribution in [0.3, 0.4) is 0 Å². The summed E-state index contributed by atoms with van der Waals surface area (Å²) in [5.41, 5.74) is 0.840. The summed E-state index contributed by atoms with van der Waals surface area (Å²) in [7, 11) is 0. The second kappa shape index (κ2) is 7.96. The van der Waals surface area contributed by atoms with Crippen molar-refractivity contribution < 1.29 is 13.7 Å². The second-order valence-corrected chi connectivity index (χ2v) is 6.77. The van der Waals surface area contributed by atoms with Gasteiger partial charge in [-0.25, -0.2) is 9.37 Å². The fourth-order valence-corrected chi connectivity index (χ4v) is 2.73. The molecule has 2 aromatic heterocycles. The average molecular weight is 373 g/mol. The molecule has 3 aromatic rings. The Morgan fingerprint density at radius 1 is 1.35 bits per heavy atom. The minimum Gasteiger partial charge on any atom is -0.360 e. The number of halogens is 1. The van der Waals surface area contributed by atoms with E-state index >= 15 is 0 Å². The molecule has 1 aromatic carbocycles. The molecule has 0 spiro atoms. The standard InChI is InChI=1S/C17H16FN5O2S/c1-10-9-15(23-25-10)19-16(24)11(2)26-17-20-14(21-22-17)8-5-12-3-6-13(18)7-4-12/h3-9,11H,1-2H3,(H,19,23,24)(H,20,21,22)/b8-5-/t11-/m0/s1. The number of carbonyl (C=O) groups excluding carboxylic acids is 1. The first-order valence-corrected chi connectivity index (χ1v) is 8.64. The molecule has 1 atom stereocenters. The first-order valence-electron chi connectivity index (χ1n) is 7.76. The third-order valence-electron chi connectivity index (χ3n) is 3.32. The maximum atomic E-state index is 12.9. The van der Waals surface area contributed by atoms with E-state index in [0.29, 0.717) is 22.6 Å². The van der Waals surface area contributed by atoms with Gasteiger partial charge in [0.15, 0.2) is 5.82 Å². The van der Waals surface area contributed by atoms with Gasteiger partial charge in [-0.05, 0) is 37.6 Å². The summed E-state index contributed by atoms with van der Waals surface area (Å²) in [5.74, 6) is 1.02. The van der Waals surface area contributed by atoms with Crippen molar-refractivity contribution in [3.05, 3.63) is 53.3 Å². The first-order chi connectivity index (χ1) is 12.5. The Balaban J connectivity index is 1.57. The summed E-state index contributed by atoms with van der Waals surface area (Å²) in [6.07, 6.45) is 3.52. The number of thioether (sulfide) groups is 1. The molecule has 0 fully saturated rings. The minimum absolute atomic E-state index is 0.225. The Hall–Kier alpha value is -2.94. The molecule has 0 saturated heterocycles. The number of aromatic nitrogens is 4. The number of H-pyrrole nitrogens is 1. The van der Waals surface area contributed by atoms with Crippen LogP contribution in [-0.4, -0.2) is 31.5 Å². The van der Waals surface area contributed by atoms with Crippen LogP contribution in [0.1, 0.15) is 24.1 Å². The molecular weight excluding hydrogens is 357 g/mol. The van der Waals surface area contributed by atoms with Crippen LogP contribution >= 0.6 is 11.8 Å². The molecular formula is C17H16FN5O2S. The normalized spacial score (nSPS) is 12.4. The van der Waals surface area contributed by atoms with Gasteiger partial charge in [0.2, 0.25) is 11.1 Å². The monoisotopic (exact) mass is 373 g/mol. The van der Waals surface area contributed by atoms with Crippen molar-refractivity contribution >= 4 is 35.6 Å². The lowest BCUT2D eigenvalue weighted by molar-refractivity contribution is -0.115. The fourth-order valence-electron chi connectivity index (χ4n) is 2.00. The minimum atomic E-state index is -0.420. The van der Waals surface area contributed by atoms with Crippen molar-refractivity contribution in [2.24, 2.45) is 0 Å². The molecule has 0 radical (unpaired) electrons. The van der Waals surface area contributed by atoms with Gasteiger partial charge in [-0.15, -0.1) is 5.10 Å². The zero-order valence-electron chi connectivity index (χ0n) is 14.1. The molecule has 1 amide bonds. The number of benzene rings is 1. The third-order valence-corrected chi connectivity index (χ3v) is 4.28. The van der Waals surface area contributed by atoms with E-state index in [2.05, 4.69) is 25.7 Å². The Bertz CT molecular complexity index is 919. The number of anilines is 1. The van der Waals surface area contributed by atoms with E-state index in [1.54, 1.807) is 44.2 Å². The van der Waals surface area contributed by atoms with Crippen LogP contribution in [0.25, 0.3) is 12.2 Å². The number of hydrogen-bond acceptors (Lipinski definition) is 6. The lowest BCUT2D eigenvalue weighted by atomic mass is 10.2. The van der Waals surface area contributed by atoms with Gasteiger partial charge in [0, 0.05) is 6.07 Å². The molecule has 3 rings (SSSR count). The van der Waals surface area contributed by atoms with Crippen LogP contribution in [0.2, 0.25) is 0 Å². The average Bonchev–Trinajstić information content (AvgIpc) is 3.23. The summed E-state index contributed by atoms with van der Waals surface area (Å²) in [5, 5.41) is 13.3. The lowest BCUT2D eigenvalue weighted by Crippen LogP contribution is -2.22. The molecule has 0 saturated carbocycles. The molecule has 9 heteroatoms. The highest BCUT2D eigenvalue weighted by atomic mass is 32.2. The summed E-state index contributed by atoms with van der Waals surface area (Å²) in [6.45, 7) is 3.49. The van der Waals surface area contributed by atoms with E-state index in [-0.39, 0.29) is 11.7 Å². The highest BCUT2D eigenvalue weighted by Gasteiger charge is 2.18. The van der Waals surface area contributed by atoms with Crippen LogP contribution in [0.5, 0.6) is 0 Å². The van der Waals surface area contributed by atoms with Crippen molar-refractivity contribution in [2.45, 2.75) is 24.3 Å². The predicted octanol–water partition coefficient (Wildman–Crippen LogP) is 3.53. The van der Waals surface area contributed by atoms with Crippen LogP contribution in [0.15, 0.2) is 40.0 Å². The maximum absolute atomic E-state index is 12.9. The van der Waals surface area contributed by atoms with Crippen LogP contribution in [-0.2, 0) is 4.79 Å². The van der Waals surface area contributed by atoms with Crippen LogP contribution < -0.4 is 5.32 Å². The molecule has 0 aliphatic heterocycles. The van der Waals surface area contributed by atoms with Crippen molar-refractivity contribution in [1.29, 1.82) is 0 Å². The van der Waals surface area contributed by atoms with Gasteiger partial charge in [-0.2, -0.15) is 0 Å². The Morgan fingerprint density at radius 3 is 2.81 bits per heavy atom. The van der Waals surface area contributed by atoms with Gasteiger partial charge in [0.05, 0.1) is 5.25 Å². The maximum Gasteiger partial charge on any atom is 0.238 e. The van der Waals surface area contributed by atoms with Crippen LogP contribution in [0, 0.1) is 12.7 Å². The number of nitrogens with one attached hydrogen (secondary N) is 2. The molecule has 0 unspecified atom stereocenters. The van der Waals surface area contributed by atoms with Crippen molar-refractivity contribution in [2.75, 3.05) is 5.32 Å². The van der Waals surface area contributed by atoms with E-state index < -0.39 is 5.25 Å². The second-order valence-electron chi connectivity index (χ2n) is 5.46. The number of nitrogens with zero attached hydrogens (tertiary/aromatic N) is 3. The Kier molecular flexibility index (Phi) is 5.47. The summed E-state index contributed by atoms with van der Waals surface area (Å²) < 4.78 is 17.8. The molecule has 134 valence electrons. The summed E-state index contributed by atoms with van der Waals surface area (Å²) in [6, 6.07) is 7.74. The van der Waals surface area contributed by atoms with Gasteiger partial charge in [-0.1, -0.05) is 35.1 Å². The Morgan fingerprint density at radius 2 is 2.12 bits per heavy atom. The van der Waals surface area contributed by atoms with E-state index in [0.717, 1.165) is 5.56 Å². The van der Waals surface area contributed by atoms with Gasteiger partial charge in [0.1, 0.15) is 17.4 Å².